The third kappa shape index (κ3) is 2.56. The Morgan fingerprint density at radius 3 is 2.75 bits per heavy atom. The monoisotopic (exact) mass is 219 g/mol. The Kier molecular flexibility index (Phi) is 3.20. The van der Waals surface area contributed by atoms with E-state index in [-0.39, 0.29) is 0 Å². The van der Waals surface area contributed by atoms with Gasteiger partial charge in [-0.05, 0) is 55.3 Å². The minimum Gasteiger partial charge on any atom is -0.508 e. The summed E-state index contributed by atoms with van der Waals surface area (Å²) >= 11 is 0. The molecule has 0 saturated heterocycles. The van der Waals surface area contributed by atoms with Crippen LogP contribution >= 0.6 is 0 Å². The topological polar surface area (TPSA) is 32.3 Å². The van der Waals surface area contributed by atoms with Crippen LogP contribution < -0.4 is 5.32 Å². The maximum atomic E-state index is 9.48. The first-order valence-electron chi connectivity index (χ1n) is 6.06. The molecule has 1 unspecified atom stereocenters. The van der Waals surface area contributed by atoms with Crippen molar-refractivity contribution in [2.75, 3.05) is 13.6 Å². The van der Waals surface area contributed by atoms with Gasteiger partial charge in [0.25, 0.3) is 0 Å². The Labute approximate surface area is 97.7 Å². The van der Waals surface area contributed by atoms with E-state index >= 15 is 0 Å². The molecule has 1 aliphatic rings. The van der Waals surface area contributed by atoms with Crippen molar-refractivity contribution in [2.24, 2.45) is 11.3 Å². The molecule has 0 amide bonds. The number of benzene rings is 1. The fraction of sp³-hybridized carbons (Fsp3) is 0.571. The lowest BCUT2D eigenvalue weighted by atomic mass is 9.79. The van der Waals surface area contributed by atoms with Gasteiger partial charge in [0.05, 0.1) is 0 Å². The van der Waals surface area contributed by atoms with Crippen molar-refractivity contribution in [2.45, 2.75) is 26.2 Å². The van der Waals surface area contributed by atoms with Gasteiger partial charge < -0.3 is 10.4 Å². The molecule has 2 N–H and O–H groups in total. The number of phenols is 1. The molecule has 0 radical (unpaired) electrons. The maximum Gasteiger partial charge on any atom is 0.115 e. The van der Waals surface area contributed by atoms with E-state index in [0.29, 0.717) is 11.2 Å². The fourth-order valence-corrected chi connectivity index (χ4v) is 2.67. The molecule has 0 aromatic heterocycles. The van der Waals surface area contributed by atoms with Crippen LogP contribution in [0.5, 0.6) is 5.75 Å². The second-order valence-corrected chi connectivity index (χ2v) is 5.31. The van der Waals surface area contributed by atoms with Gasteiger partial charge in [0.1, 0.15) is 5.75 Å². The minimum atomic E-state index is 0.336. The highest BCUT2D eigenvalue weighted by Crippen LogP contribution is 2.47. The van der Waals surface area contributed by atoms with E-state index in [9.17, 15) is 5.11 Å². The first-order valence-corrected chi connectivity index (χ1v) is 6.06. The molecule has 0 aliphatic heterocycles. The van der Waals surface area contributed by atoms with Crippen molar-refractivity contribution < 1.29 is 5.11 Å². The molecular formula is C14H21NO. The van der Waals surface area contributed by atoms with E-state index in [1.54, 1.807) is 6.07 Å². The minimum absolute atomic E-state index is 0.336. The van der Waals surface area contributed by atoms with E-state index in [4.69, 9.17) is 0 Å². The number of phenolic OH excluding ortho intramolecular Hbond substituents is 1. The standard InChI is InChI=1S/C14H21NO/c1-14(10-15-2,12-6-7-12)9-11-4-3-5-13(16)8-11/h3-5,8,12,15-16H,6-7,9-10H2,1-2H3. The molecule has 2 rings (SSSR count). The summed E-state index contributed by atoms with van der Waals surface area (Å²) < 4.78 is 0. The Morgan fingerprint density at radius 1 is 1.44 bits per heavy atom. The lowest BCUT2D eigenvalue weighted by Gasteiger charge is -2.29. The molecule has 2 heteroatoms. The molecule has 1 fully saturated rings. The van der Waals surface area contributed by atoms with E-state index in [1.807, 2.05) is 19.2 Å². The first-order chi connectivity index (χ1) is 7.64. The fourth-order valence-electron chi connectivity index (χ4n) is 2.67. The summed E-state index contributed by atoms with van der Waals surface area (Å²) in [6.07, 6.45) is 3.76. The zero-order valence-electron chi connectivity index (χ0n) is 10.2. The molecule has 0 bridgehead atoms. The summed E-state index contributed by atoms with van der Waals surface area (Å²) in [6.45, 7) is 3.40. The highest BCUT2D eigenvalue weighted by atomic mass is 16.3. The number of aromatic hydroxyl groups is 1. The number of rotatable bonds is 5. The molecule has 1 saturated carbocycles. The van der Waals surface area contributed by atoms with Gasteiger partial charge >= 0.3 is 0 Å². The van der Waals surface area contributed by atoms with E-state index in [2.05, 4.69) is 18.3 Å². The lowest BCUT2D eigenvalue weighted by molar-refractivity contribution is 0.262. The third-order valence-corrected chi connectivity index (χ3v) is 3.66. The van der Waals surface area contributed by atoms with Crippen LogP contribution in [0, 0.1) is 11.3 Å². The van der Waals surface area contributed by atoms with Gasteiger partial charge in [-0.15, -0.1) is 0 Å². The number of nitrogens with one attached hydrogen (secondary N) is 1. The van der Waals surface area contributed by atoms with Gasteiger partial charge in [-0.1, -0.05) is 19.1 Å². The summed E-state index contributed by atoms with van der Waals surface area (Å²) in [6, 6.07) is 7.65. The van der Waals surface area contributed by atoms with Crippen LogP contribution in [0.25, 0.3) is 0 Å². The van der Waals surface area contributed by atoms with Crippen molar-refractivity contribution in [3.8, 4) is 5.75 Å². The zero-order valence-corrected chi connectivity index (χ0v) is 10.2. The van der Waals surface area contributed by atoms with Gasteiger partial charge in [0.2, 0.25) is 0 Å². The van der Waals surface area contributed by atoms with Crippen LogP contribution in [0.4, 0.5) is 0 Å². The average molecular weight is 219 g/mol. The normalized spacial score (nSPS) is 19.4. The van der Waals surface area contributed by atoms with Gasteiger partial charge in [0.15, 0.2) is 0 Å². The largest absolute Gasteiger partial charge is 0.508 e. The Morgan fingerprint density at radius 2 is 2.19 bits per heavy atom. The molecule has 1 aromatic rings. The van der Waals surface area contributed by atoms with Crippen LogP contribution in [0.3, 0.4) is 0 Å². The zero-order chi connectivity index (χ0) is 11.6. The smallest absolute Gasteiger partial charge is 0.115 e. The molecule has 88 valence electrons. The molecule has 16 heavy (non-hydrogen) atoms. The third-order valence-electron chi connectivity index (χ3n) is 3.66. The number of hydrogen-bond donors (Lipinski definition) is 2. The Hall–Kier alpha value is -1.02. The second-order valence-electron chi connectivity index (χ2n) is 5.31. The molecule has 1 aromatic carbocycles. The summed E-state index contributed by atoms with van der Waals surface area (Å²) in [5, 5.41) is 12.8. The van der Waals surface area contributed by atoms with Crippen molar-refractivity contribution in [3.05, 3.63) is 29.8 Å². The Balaban J connectivity index is 2.10. The van der Waals surface area contributed by atoms with Crippen molar-refractivity contribution in [3.63, 3.8) is 0 Å². The van der Waals surface area contributed by atoms with Crippen LogP contribution in [0.2, 0.25) is 0 Å². The maximum absolute atomic E-state index is 9.48. The molecule has 0 spiro atoms. The van der Waals surface area contributed by atoms with Crippen molar-refractivity contribution in [1.29, 1.82) is 0 Å². The first kappa shape index (κ1) is 11.5. The van der Waals surface area contributed by atoms with Gasteiger partial charge in [0, 0.05) is 6.54 Å². The predicted molar refractivity (Wildman–Crippen MR) is 66.6 cm³/mol. The van der Waals surface area contributed by atoms with E-state index in [0.717, 1.165) is 18.9 Å². The molecular weight excluding hydrogens is 198 g/mol. The van der Waals surface area contributed by atoms with Gasteiger partial charge in [-0.3, -0.25) is 0 Å². The highest BCUT2D eigenvalue weighted by Gasteiger charge is 2.40. The quantitative estimate of drug-likeness (QED) is 0.797. The van der Waals surface area contributed by atoms with Crippen LogP contribution in [-0.2, 0) is 6.42 Å². The molecule has 1 atom stereocenters. The summed E-state index contributed by atoms with van der Waals surface area (Å²) in [5.41, 5.74) is 1.58. The van der Waals surface area contributed by atoms with E-state index < -0.39 is 0 Å². The predicted octanol–water partition coefficient (Wildman–Crippen LogP) is 2.57. The van der Waals surface area contributed by atoms with Crippen molar-refractivity contribution >= 4 is 0 Å². The highest BCUT2D eigenvalue weighted by molar-refractivity contribution is 5.28. The van der Waals surface area contributed by atoms with Crippen LogP contribution in [-0.4, -0.2) is 18.7 Å². The summed E-state index contributed by atoms with van der Waals surface area (Å²) in [7, 11) is 2.02. The molecule has 1 aliphatic carbocycles. The molecule has 2 nitrogen and oxygen atoms in total. The summed E-state index contributed by atoms with van der Waals surface area (Å²) in [5.74, 6) is 1.22. The van der Waals surface area contributed by atoms with Crippen LogP contribution in [0.1, 0.15) is 25.3 Å². The van der Waals surface area contributed by atoms with Crippen molar-refractivity contribution in [1.82, 2.24) is 5.32 Å². The van der Waals surface area contributed by atoms with Crippen LogP contribution in [0.15, 0.2) is 24.3 Å². The van der Waals surface area contributed by atoms with Gasteiger partial charge in [-0.2, -0.15) is 0 Å². The number of hydrogen-bond acceptors (Lipinski definition) is 2. The average Bonchev–Trinajstić information content (AvgIpc) is 3.00. The van der Waals surface area contributed by atoms with Gasteiger partial charge in [-0.25, -0.2) is 0 Å². The van der Waals surface area contributed by atoms with E-state index in [1.165, 1.54) is 18.4 Å². The summed E-state index contributed by atoms with van der Waals surface area (Å²) in [4.78, 5) is 0. The second kappa shape index (κ2) is 4.46. The molecule has 0 heterocycles. The Bertz CT molecular complexity index is 360. The SMILES string of the molecule is CNCC(C)(Cc1cccc(O)c1)C1CC1. The lowest BCUT2D eigenvalue weighted by Crippen LogP contribution is -2.33.